The van der Waals surface area contributed by atoms with E-state index in [0.29, 0.717) is 30.7 Å². The van der Waals surface area contributed by atoms with Crippen LogP contribution in [0.4, 0.5) is 4.79 Å². The van der Waals surface area contributed by atoms with Crippen LogP contribution >= 0.6 is 0 Å². The molecule has 3 rings (SSSR count). The average molecular weight is 512 g/mol. The standard InChI is InChI=1S/C24H37N3O7S/c1-3-5-14-35(31,32)25-22(23(28)29)15-18-6-8-20(9-7-18)33-17-21-16-27(24(30)34-21)19-10-12-26(4-2)13-11-19/h6-9,19,21-22,25H,3-5,10-17H2,1-2H3,(H,28,29). The van der Waals surface area contributed by atoms with Crippen LogP contribution in [0.2, 0.25) is 0 Å². The van der Waals surface area contributed by atoms with Crippen molar-refractivity contribution >= 4 is 22.1 Å². The first-order valence-electron chi connectivity index (χ1n) is 12.3. The predicted molar refractivity (Wildman–Crippen MR) is 131 cm³/mol. The van der Waals surface area contributed by atoms with E-state index in [1.807, 2.05) is 11.8 Å². The Labute approximate surface area is 207 Å². The maximum absolute atomic E-state index is 12.3. The van der Waals surface area contributed by atoms with Crippen molar-refractivity contribution in [3.05, 3.63) is 29.8 Å². The molecule has 0 aromatic heterocycles. The lowest BCUT2D eigenvalue weighted by atomic mass is 10.0. The monoisotopic (exact) mass is 511 g/mol. The average Bonchev–Trinajstić information content (AvgIpc) is 3.22. The summed E-state index contributed by atoms with van der Waals surface area (Å²) in [7, 11) is -3.66. The molecule has 2 atom stereocenters. The number of sulfonamides is 1. The molecular formula is C24H37N3O7S. The van der Waals surface area contributed by atoms with E-state index in [1.54, 1.807) is 24.3 Å². The first-order valence-corrected chi connectivity index (χ1v) is 14.0. The molecule has 0 aliphatic carbocycles. The summed E-state index contributed by atoms with van der Waals surface area (Å²) in [5.41, 5.74) is 0.667. The molecule has 2 aliphatic rings. The summed E-state index contributed by atoms with van der Waals surface area (Å²) in [6.07, 6.45) is 2.46. The van der Waals surface area contributed by atoms with Gasteiger partial charge in [-0.05, 0) is 49.9 Å². The summed E-state index contributed by atoms with van der Waals surface area (Å²) < 4.78 is 37.8. The van der Waals surface area contributed by atoms with E-state index in [4.69, 9.17) is 9.47 Å². The van der Waals surface area contributed by atoms with Crippen molar-refractivity contribution in [2.75, 3.05) is 38.5 Å². The minimum absolute atomic E-state index is 0.0208. The third-order valence-corrected chi connectivity index (χ3v) is 8.00. The molecule has 1 aromatic carbocycles. The Hall–Kier alpha value is -2.37. The van der Waals surface area contributed by atoms with Crippen molar-refractivity contribution in [3.63, 3.8) is 0 Å². The Bertz CT molecular complexity index is 946. The fraction of sp³-hybridized carbons (Fsp3) is 0.667. The highest BCUT2D eigenvalue weighted by Crippen LogP contribution is 2.23. The number of carbonyl (C=O) groups is 2. The van der Waals surface area contributed by atoms with Crippen molar-refractivity contribution in [2.45, 2.75) is 64.1 Å². The minimum Gasteiger partial charge on any atom is -0.490 e. The van der Waals surface area contributed by atoms with Crippen LogP contribution in [0.15, 0.2) is 24.3 Å². The molecule has 35 heavy (non-hydrogen) atoms. The van der Waals surface area contributed by atoms with Gasteiger partial charge in [0.05, 0.1) is 12.3 Å². The number of ether oxygens (including phenoxy) is 2. The van der Waals surface area contributed by atoms with Gasteiger partial charge in [0.15, 0.2) is 6.10 Å². The molecule has 2 heterocycles. The Morgan fingerprint density at radius 3 is 2.51 bits per heavy atom. The molecule has 10 nitrogen and oxygen atoms in total. The van der Waals surface area contributed by atoms with Crippen molar-refractivity contribution < 1.29 is 32.6 Å². The number of hydrogen-bond donors (Lipinski definition) is 2. The van der Waals surface area contributed by atoms with Gasteiger partial charge in [0.25, 0.3) is 0 Å². The van der Waals surface area contributed by atoms with Gasteiger partial charge >= 0.3 is 12.1 Å². The summed E-state index contributed by atoms with van der Waals surface area (Å²) in [5, 5.41) is 9.45. The molecule has 2 unspecified atom stereocenters. The number of unbranched alkanes of at least 4 members (excludes halogenated alkanes) is 1. The Morgan fingerprint density at radius 2 is 1.91 bits per heavy atom. The van der Waals surface area contributed by atoms with E-state index in [2.05, 4.69) is 16.5 Å². The highest BCUT2D eigenvalue weighted by molar-refractivity contribution is 7.89. The van der Waals surface area contributed by atoms with Gasteiger partial charge in [-0.3, -0.25) is 4.79 Å². The van der Waals surface area contributed by atoms with E-state index in [-0.39, 0.29) is 37.0 Å². The number of carbonyl (C=O) groups excluding carboxylic acids is 1. The number of aliphatic carboxylic acids is 1. The molecule has 1 aromatic rings. The van der Waals surface area contributed by atoms with Crippen LogP contribution in [-0.2, 0) is 26.0 Å². The van der Waals surface area contributed by atoms with Crippen molar-refractivity contribution in [2.24, 2.45) is 0 Å². The van der Waals surface area contributed by atoms with Crippen LogP contribution in [0.3, 0.4) is 0 Å². The lowest BCUT2D eigenvalue weighted by Gasteiger charge is -2.35. The highest BCUT2D eigenvalue weighted by atomic mass is 32.2. The molecule has 0 spiro atoms. The lowest BCUT2D eigenvalue weighted by molar-refractivity contribution is -0.138. The van der Waals surface area contributed by atoms with Crippen LogP contribution < -0.4 is 9.46 Å². The maximum Gasteiger partial charge on any atom is 0.410 e. The molecule has 0 bridgehead atoms. The third kappa shape index (κ3) is 8.08. The largest absolute Gasteiger partial charge is 0.490 e. The summed E-state index contributed by atoms with van der Waals surface area (Å²) >= 11 is 0. The number of benzene rings is 1. The minimum atomic E-state index is -3.66. The zero-order valence-corrected chi connectivity index (χ0v) is 21.3. The summed E-state index contributed by atoms with van der Waals surface area (Å²) in [4.78, 5) is 28.1. The van der Waals surface area contributed by atoms with E-state index in [9.17, 15) is 23.1 Å². The zero-order valence-electron chi connectivity index (χ0n) is 20.5. The first kappa shape index (κ1) is 27.2. The quantitative estimate of drug-likeness (QED) is 0.412. The van der Waals surface area contributed by atoms with Crippen molar-refractivity contribution in [1.82, 2.24) is 14.5 Å². The number of likely N-dealkylation sites (tertiary alicyclic amines) is 1. The molecule has 2 N–H and O–H groups in total. The SMILES string of the molecule is CCCCS(=O)(=O)NC(Cc1ccc(OCC2CN(C3CCN(CC)CC3)C(=O)O2)cc1)C(=O)O. The number of nitrogens with one attached hydrogen (secondary N) is 1. The van der Waals surface area contributed by atoms with E-state index < -0.39 is 22.0 Å². The normalized spacial score (nSPS) is 20.6. The zero-order chi connectivity index (χ0) is 25.4. The van der Waals surface area contributed by atoms with Gasteiger partial charge in [-0.2, -0.15) is 0 Å². The van der Waals surface area contributed by atoms with Crippen molar-refractivity contribution in [1.29, 1.82) is 0 Å². The van der Waals surface area contributed by atoms with Crippen LogP contribution in [-0.4, -0.2) is 92.1 Å². The summed E-state index contributed by atoms with van der Waals surface area (Å²) in [5.74, 6) is -0.755. The van der Waals surface area contributed by atoms with Crippen LogP contribution in [0.5, 0.6) is 5.75 Å². The van der Waals surface area contributed by atoms with E-state index in [1.165, 1.54) is 0 Å². The summed E-state index contributed by atoms with van der Waals surface area (Å²) in [6, 6.07) is 5.79. The number of carboxylic acid groups (broad SMARTS) is 1. The molecule has 0 saturated carbocycles. The molecule has 2 fully saturated rings. The second-order valence-electron chi connectivity index (χ2n) is 9.16. The van der Waals surface area contributed by atoms with Gasteiger partial charge in [0, 0.05) is 19.1 Å². The van der Waals surface area contributed by atoms with Crippen molar-refractivity contribution in [3.8, 4) is 5.75 Å². The topological polar surface area (TPSA) is 125 Å². The molecule has 1 amide bonds. The predicted octanol–water partition coefficient (Wildman–Crippen LogP) is 2.09. The smallest absolute Gasteiger partial charge is 0.410 e. The van der Waals surface area contributed by atoms with Gasteiger partial charge in [-0.25, -0.2) is 17.9 Å². The van der Waals surface area contributed by atoms with E-state index >= 15 is 0 Å². The summed E-state index contributed by atoms with van der Waals surface area (Å²) in [6.45, 7) is 7.75. The Morgan fingerprint density at radius 1 is 1.23 bits per heavy atom. The fourth-order valence-corrected chi connectivity index (χ4v) is 5.81. The molecular weight excluding hydrogens is 474 g/mol. The van der Waals surface area contributed by atoms with Crippen LogP contribution in [0.1, 0.15) is 45.1 Å². The highest BCUT2D eigenvalue weighted by Gasteiger charge is 2.37. The number of hydrogen-bond acceptors (Lipinski definition) is 7. The number of nitrogens with zero attached hydrogens (tertiary/aromatic N) is 2. The van der Waals surface area contributed by atoms with Gasteiger partial charge in [0.1, 0.15) is 18.4 Å². The number of rotatable bonds is 13. The molecule has 2 aliphatic heterocycles. The second-order valence-corrected chi connectivity index (χ2v) is 11.0. The van der Waals surface area contributed by atoms with Gasteiger partial charge in [0.2, 0.25) is 10.0 Å². The van der Waals surface area contributed by atoms with Gasteiger partial charge < -0.3 is 24.4 Å². The number of piperidine rings is 1. The third-order valence-electron chi connectivity index (χ3n) is 6.53. The molecule has 196 valence electrons. The molecule has 2 saturated heterocycles. The fourth-order valence-electron chi connectivity index (χ4n) is 4.41. The first-order chi connectivity index (χ1) is 16.7. The van der Waals surface area contributed by atoms with Gasteiger partial charge in [-0.15, -0.1) is 0 Å². The lowest BCUT2D eigenvalue weighted by Crippen LogP contribution is -2.45. The maximum atomic E-state index is 12.3. The van der Waals surface area contributed by atoms with Crippen LogP contribution in [0.25, 0.3) is 0 Å². The Kier molecular flexibility index (Phi) is 9.76. The van der Waals surface area contributed by atoms with Gasteiger partial charge in [-0.1, -0.05) is 32.4 Å². The number of amides is 1. The Balaban J connectivity index is 1.48. The second kappa shape index (κ2) is 12.5. The van der Waals surface area contributed by atoms with Crippen LogP contribution in [0, 0.1) is 0 Å². The number of carboxylic acids is 1. The molecule has 11 heteroatoms. The van der Waals surface area contributed by atoms with E-state index in [0.717, 1.165) is 32.5 Å². The number of cyclic esters (lactones) is 1. The molecule has 0 radical (unpaired) electrons.